The van der Waals surface area contributed by atoms with Crippen LogP contribution in [0, 0.1) is 0 Å². The number of hydrogen-bond donors (Lipinski definition) is 0. The molecule has 2 aliphatic rings. The summed E-state index contributed by atoms with van der Waals surface area (Å²) < 4.78 is 5.36. The fourth-order valence-electron chi connectivity index (χ4n) is 5.57. The third-order valence-electron chi connectivity index (χ3n) is 7.33. The zero-order valence-corrected chi connectivity index (χ0v) is 23.6. The van der Waals surface area contributed by atoms with Crippen molar-refractivity contribution < 1.29 is 0 Å². The van der Waals surface area contributed by atoms with E-state index in [1.165, 1.54) is 39.3 Å². The molecule has 0 bridgehead atoms. The molecule has 0 atom stereocenters. The third kappa shape index (κ3) is 3.88. The fraction of sp³-hybridized carbons (Fsp3) is 0.419. The van der Waals surface area contributed by atoms with Crippen LogP contribution in [0.15, 0.2) is 71.8 Å². The van der Waals surface area contributed by atoms with Gasteiger partial charge in [-0.3, -0.25) is 0 Å². The van der Waals surface area contributed by atoms with Crippen molar-refractivity contribution in [1.82, 2.24) is 0 Å². The van der Waals surface area contributed by atoms with Gasteiger partial charge in [0.2, 0.25) is 0 Å². The Morgan fingerprint density at radius 3 is 1.29 bits per heavy atom. The van der Waals surface area contributed by atoms with Gasteiger partial charge in [0.1, 0.15) is 0 Å². The largest absolute Gasteiger partial charge is 0.347 e. The van der Waals surface area contributed by atoms with Gasteiger partial charge in [-0.2, -0.15) is 0 Å². The first-order valence-corrected chi connectivity index (χ1v) is 15.0. The molecule has 2 heterocycles. The predicted molar refractivity (Wildman–Crippen MR) is 152 cm³/mol. The fourth-order valence-corrected chi connectivity index (χ4v) is 9.35. The van der Waals surface area contributed by atoms with E-state index in [0.29, 0.717) is 23.7 Å². The summed E-state index contributed by atoms with van der Waals surface area (Å²) in [7, 11) is -2.27. The van der Waals surface area contributed by atoms with Crippen LogP contribution in [-0.2, 0) is 0 Å². The number of benzene rings is 2. The van der Waals surface area contributed by atoms with Crippen LogP contribution < -0.4 is 9.13 Å². The Morgan fingerprint density at radius 1 is 0.618 bits per heavy atom. The molecule has 4 rings (SSSR count). The molecule has 180 valence electrons. The van der Waals surface area contributed by atoms with Crippen LogP contribution in [0.3, 0.4) is 0 Å². The van der Waals surface area contributed by atoms with E-state index >= 15 is 0 Å². The summed E-state index contributed by atoms with van der Waals surface area (Å²) in [5.41, 5.74) is 15.9. The van der Waals surface area contributed by atoms with Gasteiger partial charge in [-0.1, -0.05) is 110 Å². The Hall–Kier alpha value is -2.52. The van der Waals surface area contributed by atoms with Gasteiger partial charge < -0.3 is 9.13 Å². The van der Waals surface area contributed by atoms with Crippen LogP contribution in [0.5, 0.6) is 0 Å². The first-order chi connectivity index (χ1) is 16.0. The van der Waals surface area contributed by atoms with Crippen LogP contribution >= 0.6 is 0 Å². The second-order valence-electron chi connectivity index (χ2n) is 11.3. The van der Waals surface area contributed by atoms with Gasteiger partial charge in [-0.15, -0.1) is 0 Å². The number of hydrogen-bond acceptors (Lipinski definition) is 2. The normalized spacial score (nSPS) is 17.1. The van der Waals surface area contributed by atoms with E-state index < -0.39 is 8.40 Å². The van der Waals surface area contributed by atoms with E-state index in [-0.39, 0.29) is 0 Å². The predicted octanol–water partition coefficient (Wildman–Crippen LogP) is 9.01. The minimum atomic E-state index is -2.27. The first-order valence-electron chi connectivity index (χ1n) is 12.9. The highest BCUT2D eigenvalue weighted by Gasteiger charge is 2.56. The van der Waals surface area contributed by atoms with E-state index in [9.17, 15) is 0 Å². The zero-order chi connectivity index (χ0) is 24.9. The molecular formula is C31H42N2Si. The van der Waals surface area contributed by atoms with Gasteiger partial charge in [0.25, 0.3) is 0 Å². The Labute approximate surface area is 208 Å². The maximum atomic E-state index is 4.62. The van der Waals surface area contributed by atoms with Gasteiger partial charge in [-0.25, -0.2) is 0 Å². The summed E-state index contributed by atoms with van der Waals surface area (Å²) in [4.78, 5) is 0. The summed E-state index contributed by atoms with van der Waals surface area (Å²) in [6, 6.07) is 13.8. The van der Waals surface area contributed by atoms with Crippen molar-refractivity contribution in [3.8, 4) is 0 Å². The Balaban J connectivity index is 2.01. The highest BCUT2D eigenvalue weighted by molar-refractivity contribution is 7.04. The van der Waals surface area contributed by atoms with E-state index in [2.05, 4.69) is 132 Å². The number of anilines is 2. The second-order valence-corrected chi connectivity index (χ2v) is 14.4. The molecule has 0 aliphatic carbocycles. The topological polar surface area (TPSA) is 6.48 Å². The molecule has 0 saturated heterocycles. The minimum Gasteiger partial charge on any atom is -0.347 e. The molecule has 0 fully saturated rings. The van der Waals surface area contributed by atoms with E-state index in [4.69, 9.17) is 0 Å². The van der Waals surface area contributed by atoms with Crippen LogP contribution in [0.4, 0.5) is 11.4 Å². The van der Waals surface area contributed by atoms with E-state index in [0.717, 1.165) is 5.70 Å². The standard InChI is InChI=1S/C31H42N2Si/c1-20(2)26-13-11-14-27(21(3)4)30(26)32-24(9)19-25(10)33(34(32)17-18-34)31-28(22(5)6)15-12-16-29(31)23(7)8/h11-23H,9H2,1-8,10H3. The highest BCUT2D eigenvalue weighted by atomic mass is 28.4. The molecule has 0 N–H and O–H groups in total. The van der Waals surface area contributed by atoms with E-state index in [1.54, 1.807) is 0 Å². The summed E-state index contributed by atoms with van der Waals surface area (Å²) >= 11 is 0. The SMILES string of the molecule is C=C1C=C(C)N(c2c(C(C)C)cccc2C(C)C)[Si]2(C=C2)N1c1c(C(C)C)cccc1C(C)C. The molecule has 3 heteroatoms. The summed E-state index contributed by atoms with van der Waals surface area (Å²) in [5, 5.41) is 0. The van der Waals surface area contributed by atoms with Gasteiger partial charge in [0.15, 0.2) is 0 Å². The quantitative estimate of drug-likeness (QED) is 0.389. The lowest BCUT2D eigenvalue weighted by Gasteiger charge is -2.49. The monoisotopic (exact) mass is 470 g/mol. The maximum Gasteiger partial charge on any atom is 0.324 e. The lowest BCUT2D eigenvalue weighted by Crippen LogP contribution is -2.60. The van der Waals surface area contributed by atoms with Gasteiger partial charge in [0, 0.05) is 22.8 Å². The zero-order valence-electron chi connectivity index (χ0n) is 22.6. The molecule has 0 aromatic heterocycles. The Bertz CT molecular complexity index is 1110. The molecule has 2 nitrogen and oxygen atoms in total. The van der Waals surface area contributed by atoms with Crippen molar-refractivity contribution in [2.75, 3.05) is 9.13 Å². The number of para-hydroxylation sites is 2. The Morgan fingerprint density at radius 2 is 0.971 bits per heavy atom. The number of nitrogens with zero attached hydrogens (tertiary/aromatic N) is 2. The van der Waals surface area contributed by atoms with Crippen molar-refractivity contribution >= 4 is 19.8 Å². The van der Waals surface area contributed by atoms with Gasteiger partial charge >= 0.3 is 8.40 Å². The third-order valence-corrected chi connectivity index (χ3v) is 10.8. The smallest absolute Gasteiger partial charge is 0.324 e. The molecule has 0 unspecified atom stereocenters. The molecule has 1 spiro atoms. The number of rotatable bonds is 6. The Kier molecular flexibility index (Phi) is 6.46. The van der Waals surface area contributed by atoms with Gasteiger partial charge in [-0.05, 0) is 58.9 Å². The second kappa shape index (κ2) is 8.92. The summed E-state index contributed by atoms with van der Waals surface area (Å²) in [6.45, 7) is 25.4. The summed E-state index contributed by atoms with van der Waals surface area (Å²) in [5.74, 6) is 1.81. The molecule has 2 aliphatic heterocycles. The van der Waals surface area contributed by atoms with Crippen molar-refractivity contribution in [2.45, 2.75) is 86.0 Å². The maximum absolute atomic E-state index is 4.62. The van der Waals surface area contributed by atoms with Crippen molar-refractivity contribution in [3.63, 3.8) is 0 Å². The molecule has 2 aromatic rings. The van der Waals surface area contributed by atoms with Crippen LogP contribution in [-0.4, -0.2) is 8.40 Å². The average Bonchev–Trinajstić information content (AvgIpc) is 3.53. The van der Waals surface area contributed by atoms with Crippen LogP contribution in [0.25, 0.3) is 0 Å². The van der Waals surface area contributed by atoms with Crippen molar-refractivity contribution in [2.24, 2.45) is 0 Å². The highest BCUT2D eigenvalue weighted by Crippen LogP contribution is 2.51. The summed E-state index contributed by atoms with van der Waals surface area (Å²) in [6.07, 6.45) is 2.31. The molecule has 0 radical (unpaired) electrons. The molecule has 34 heavy (non-hydrogen) atoms. The molecular weight excluding hydrogens is 428 g/mol. The lowest BCUT2D eigenvalue weighted by atomic mass is 9.92. The lowest BCUT2D eigenvalue weighted by molar-refractivity contribution is 0.823. The average molecular weight is 471 g/mol. The van der Waals surface area contributed by atoms with Gasteiger partial charge in [0.05, 0.1) is 0 Å². The van der Waals surface area contributed by atoms with Crippen LogP contribution in [0.1, 0.15) is 108 Å². The first kappa shape index (κ1) is 24.6. The van der Waals surface area contributed by atoms with E-state index in [1.807, 2.05) is 0 Å². The number of allylic oxidation sites excluding steroid dienone is 2. The van der Waals surface area contributed by atoms with Crippen molar-refractivity contribution in [1.29, 1.82) is 0 Å². The van der Waals surface area contributed by atoms with Crippen LogP contribution in [0.2, 0.25) is 0 Å². The molecule has 0 amide bonds. The van der Waals surface area contributed by atoms with Crippen molar-refractivity contribution in [3.05, 3.63) is 94.1 Å². The molecule has 0 saturated carbocycles. The molecule has 2 aromatic carbocycles. The minimum absolute atomic E-state index is 0.445.